The lowest BCUT2D eigenvalue weighted by molar-refractivity contribution is 0.662. The van der Waals surface area contributed by atoms with Crippen LogP contribution in [0.15, 0.2) is 66.0 Å². The van der Waals surface area contributed by atoms with Gasteiger partial charge >= 0.3 is 5.69 Å². The normalized spacial score (nSPS) is 11.2. The second-order valence-electron chi connectivity index (χ2n) is 7.96. The number of aromatic amines is 1. The molecule has 0 amide bonds. The summed E-state index contributed by atoms with van der Waals surface area (Å²) in [7, 11) is 0. The minimum Gasteiger partial charge on any atom is -0.317 e. The van der Waals surface area contributed by atoms with Crippen molar-refractivity contribution in [1.29, 1.82) is 0 Å². The number of aryl methyl sites for hydroxylation is 2. The first-order chi connectivity index (χ1) is 16.7. The van der Waals surface area contributed by atoms with Gasteiger partial charge in [0.1, 0.15) is 0 Å². The van der Waals surface area contributed by atoms with Gasteiger partial charge in [-0.05, 0) is 35.4 Å². The molecule has 0 bridgehead atoms. The third kappa shape index (κ3) is 3.94. The topological polar surface area (TPSA) is 112 Å². The summed E-state index contributed by atoms with van der Waals surface area (Å²) in [6, 6.07) is 11.8. The average molecular weight is 456 g/mol. The fraction of sp³-hybridized carbons (Fsp3) is 0.250. The first-order valence-corrected chi connectivity index (χ1v) is 11.3. The zero-order valence-electron chi connectivity index (χ0n) is 19.1. The summed E-state index contributed by atoms with van der Waals surface area (Å²) in [4.78, 5) is 22.4. The number of benzene rings is 1. The van der Waals surface area contributed by atoms with E-state index in [0.29, 0.717) is 18.3 Å². The molecule has 4 heterocycles. The minimum atomic E-state index is -0.113. The molecular formula is C24H25N9O. The molecule has 0 aliphatic carbocycles. The summed E-state index contributed by atoms with van der Waals surface area (Å²) in [6.07, 6.45) is 9.05. The average Bonchev–Trinajstić information content (AvgIpc) is 3.62. The standard InChI is InChI=1S/C24H25N9O/c1-3-7-19-16-33(23-25-12-13-31(23)4-2)24(34)32(19)15-18-11-10-17(14-26-18)20-8-5-6-9-21(20)22-27-29-30-28-22/h5-6,8-14,16H,3-4,7,15H2,1-2H3,(H,27,28,29,30). The van der Waals surface area contributed by atoms with Crippen LogP contribution in [0.25, 0.3) is 28.5 Å². The first-order valence-electron chi connectivity index (χ1n) is 11.3. The molecule has 0 saturated heterocycles. The lowest BCUT2D eigenvalue weighted by Gasteiger charge is -2.09. The highest BCUT2D eigenvalue weighted by Crippen LogP contribution is 2.29. The quantitative estimate of drug-likeness (QED) is 0.385. The van der Waals surface area contributed by atoms with Crippen molar-refractivity contribution in [2.45, 2.75) is 39.8 Å². The highest BCUT2D eigenvalue weighted by molar-refractivity contribution is 5.79. The Hall–Kier alpha value is -4.34. The van der Waals surface area contributed by atoms with Crippen LogP contribution >= 0.6 is 0 Å². The number of H-pyrrole nitrogens is 1. The number of tetrazole rings is 1. The van der Waals surface area contributed by atoms with Crippen LogP contribution in [0.1, 0.15) is 31.7 Å². The minimum absolute atomic E-state index is 0.113. The van der Waals surface area contributed by atoms with Gasteiger partial charge in [-0.25, -0.2) is 19.4 Å². The summed E-state index contributed by atoms with van der Waals surface area (Å²) < 4.78 is 5.37. The molecule has 10 nitrogen and oxygen atoms in total. The Labute approximate surface area is 195 Å². The van der Waals surface area contributed by atoms with Gasteiger partial charge in [0.2, 0.25) is 5.95 Å². The highest BCUT2D eigenvalue weighted by Gasteiger charge is 2.16. The van der Waals surface area contributed by atoms with Gasteiger partial charge in [-0.1, -0.05) is 43.7 Å². The van der Waals surface area contributed by atoms with Crippen molar-refractivity contribution in [2.24, 2.45) is 0 Å². The smallest absolute Gasteiger partial charge is 0.317 e. The van der Waals surface area contributed by atoms with Crippen LogP contribution in [0.2, 0.25) is 0 Å². The van der Waals surface area contributed by atoms with E-state index >= 15 is 0 Å². The maximum atomic E-state index is 13.3. The fourth-order valence-corrected chi connectivity index (χ4v) is 4.12. The van der Waals surface area contributed by atoms with Crippen LogP contribution < -0.4 is 5.69 Å². The summed E-state index contributed by atoms with van der Waals surface area (Å²) >= 11 is 0. The molecular weight excluding hydrogens is 430 g/mol. The Morgan fingerprint density at radius 3 is 2.59 bits per heavy atom. The van der Waals surface area contributed by atoms with Crippen LogP contribution in [0.3, 0.4) is 0 Å². The van der Waals surface area contributed by atoms with Crippen LogP contribution in [-0.4, -0.2) is 44.3 Å². The molecule has 0 spiro atoms. The lowest BCUT2D eigenvalue weighted by atomic mass is 10.0. The molecule has 0 radical (unpaired) electrons. The van der Waals surface area contributed by atoms with Crippen LogP contribution in [-0.2, 0) is 19.5 Å². The number of nitrogens with one attached hydrogen (secondary N) is 1. The van der Waals surface area contributed by atoms with Gasteiger partial charge in [-0.3, -0.25) is 9.55 Å². The largest absolute Gasteiger partial charge is 0.335 e. The molecule has 0 fully saturated rings. The zero-order chi connectivity index (χ0) is 23.5. The van der Waals surface area contributed by atoms with E-state index in [2.05, 4.69) is 37.5 Å². The van der Waals surface area contributed by atoms with Gasteiger partial charge in [-0.15, -0.1) is 5.10 Å². The molecule has 5 rings (SSSR count). The predicted molar refractivity (Wildman–Crippen MR) is 127 cm³/mol. The van der Waals surface area contributed by atoms with Crippen molar-refractivity contribution < 1.29 is 0 Å². The molecule has 0 aliphatic rings. The number of pyridine rings is 1. The summed E-state index contributed by atoms with van der Waals surface area (Å²) in [6.45, 7) is 5.27. The Morgan fingerprint density at radius 1 is 1.03 bits per heavy atom. The number of aromatic nitrogens is 9. The van der Waals surface area contributed by atoms with E-state index in [4.69, 9.17) is 0 Å². The third-order valence-corrected chi connectivity index (χ3v) is 5.80. The van der Waals surface area contributed by atoms with Crippen molar-refractivity contribution in [3.8, 4) is 28.5 Å². The Morgan fingerprint density at radius 2 is 1.88 bits per heavy atom. The van der Waals surface area contributed by atoms with Crippen LogP contribution in [0, 0.1) is 0 Å². The molecule has 34 heavy (non-hydrogen) atoms. The summed E-state index contributed by atoms with van der Waals surface area (Å²) in [5, 5.41) is 14.2. The third-order valence-electron chi connectivity index (χ3n) is 5.80. The molecule has 1 N–H and O–H groups in total. The van der Waals surface area contributed by atoms with Crippen molar-refractivity contribution in [1.82, 2.24) is 44.3 Å². The molecule has 172 valence electrons. The van der Waals surface area contributed by atoms with Crippen LogP contribution in [0.4, 0.5) is 0 Å². The number of imidazole rings is 2. The summed E-state index contributed by atoms with van der Waals surface area (Å²) in [5.41, 5.74) is 4.47. The van der Waals surface area contributed by atoms with Crippen molar-refractivity contribution in [2.75, 3.05) is 0 Å². The molecule has 0 saturated carbocycles. The number of nitrogens with zero attached hydrogens (tertiary/aromatic N) is 8. The Kier molecular flexibility index (Phi) is 5.86. The molecule has 4 aromatic heterocycles. The first kappa shape index (κ1) is 21.5. The van der Waals surface area contributed by atoms with Gasteiger partial charge in [-0.2, -0.15) is 0 Å². The molecule has 0 aliphatic heterocycles. The van der Waals surface area contributed by atoms with Gasteiger partial charge in [0.15, 0.2) is 5.82 Å². The monoisotopic (exact) mass is 455 g/mol. The number of hydrogen-bond acceptors (Lipinski definition) is 6. The van der Waals surface area contributed by atoms with Gasteiger partial charge in [0.25, 0.3) is 0 Å². The second kappa shape index (κ2) is 9.26. The molecule has 10 heteroatoms. The number of hydrogen-bond donors (Lipinski definition) is 1. The van der Waals surface area contributed by atoms with E-state index in [9.17, 15) is 4.79 Å². The molecule has 1 aromatic carbocycles. The van der Waals surface area contributed by atoms with E-state index < -0.39 is 0 Å². The maximum absolute atomic E-state index is 13.3. The van der Waals surface area contributed by atoms with Crippen molar-refractivity contribution in [3.63, 3.8) is 0 Å². The predicted octanol–water partition coefficient (Wildman–Crippen LogP) is 3.10. The van der Waals surface area contributed by atoms with E-state index in [1.54, 1.807) is 15.3 Å². The van der Waals surface area contributed by atoms with E-state index in [-0.39, 0.29) is 5.69 Å². The van der Waals surface area contributed by atoms with Gasteiger partial charge < -0.3 is 4.57 Å². The Balaban J connectivity index is 1.47. The van der Waals surface area contributed by atoms with E-state index in [0.717, 1.165) is 47.5 Å². The second-order valence-corrected chi connectivity index (χ2v) is 7.96. The van der Waals surface area contributed by atoms with E-state index in [1.807, 2.05) is 66.5 Å². The maximum Gasteiger partial charge on any atom is 0.335 e. The SMILES string of the molecule is CCCc1cn(-c2nccn2CC)c(=O)n1Cc1ccc(-c2ccccc2-c2nnn[nH]2)cn1. The van der Waals surface area contributed by atoms with E-state index in [1.165, 1.54) is 0 Å². The summed E-state index contributed by atoms with van der Waals surface area (Å²) in [5.74, 6) is 1.23. The van der Waals surface area contributed by atoms with Gasteiger partial charge in [0.05, 0.1) is 12.2 Å². The molecule has 0 atom stereocenters. The lowest BCUT2D eigenvalue weighted by Crippen LogP contribution is -2.26. The van der Waals surface area contributed by atoms with Crippen LogP contribution in [0.5, 0.6) is 0 Å². The van der Waals surface area contributed by atoms with Gasteiger partial charge in [0, 0.05) is 48.2 Å². The molecule has 5 aromatic rings. The highest BCUT2D eigenvalue weighted by atomic mass is 16.1. The number of rotatable bonds is 8. The molecule has 0 unspecified atom stereocenters. The fourth-order valence-electron chi connectivity index (χ4n) is 4.12. The zero-order valence-corrected chi connectivity index (χ0v) is 19.1. The van der Waals surface area contributed by atoms with Crippen molar-refractivity contribution in [3.05, 3.63) is 83.1 Å². The van der Waals surface area contributed by atoms with Crippen molar-refractivity contribution >= 4 is 0 Å². The Bertz CT molecular complexity index is 1440.